The lowest BCUT2D eigenvalue weighted by Gasteiger charge is -2.36. The number of hydrogen-bond acceptors (Lipinski definition) is 5. The van der Waals surface area contributed by atoms with E-state index in [9.17, 15) is 14.4 Å². The molecule has 0 bridgehead atoms. The molecule has 188 valence electrons. The van der Waals surface area contributed by atoms with Crippen LogP contribution >= 0.6 is 0 Å². The van der Waals surface area contributed by atoms with Gasteiger partial charge in [-0.3, -0.25) is 14.4 Å². The van der Waals surface area contributed by atoms with Crippen molar-refractivity contribution in [2.24, 2.45) is 5.92 Å². The van der Waals surface area contributed by atoms with E-state index in [-0.39, 0.29) is 29.7 Å². The van der Waals surface area contributed by atoms with Crippen LogP contribution in [-0.4, -0.2) is 62.0 Å². The van der Waals surface area contributed by atoms with E-state index in [0.29, 0.717) is 48.6 Å². The van der Waals surface area contributed by atoms with Crippen LogP contribution in [0.3, 0.4) is 0 Å². The molecule has 8 heteroatoms. The summed E-state index contributed by atoms with van der Waals surface area (Å²) in [7, 11) is 3.11. The standard InChI is InChI=1S/C27H35N3O5/c1-5-18(2)28-26(32)24(29-25(31)20-10-12-21(34-3)13-11-20)19-14-16-30(17-15-19)27(33)22-8-6-7-9-23(22)35-4/h6-13,18-19,24H,5,14-17H2,1-4H3,(H,28,32)(H,29,31)/t18-,24+/m0/s1. The summed E-state index contributed by atoms with van der Waals surface area (Å²) in [6.45, 7) is 4.92. The molecule has 0 aromatic heterocycles. The summed E-state index contributed by atoms with van der Waals surface area (Å²) < 4.78 is 10.5. The van der Waals surface area contributed by atoms with Crippen molar-refractivity contribution in [2.75, 3.05) is 27.3 Å². The molecule has 0 spiro atoms. The Kier molecular flexibility index (Phi) is 9.11. The van der Waals surface area contributed by atoms with E-state index in [2.05, 4.69) is 10.6 Å². The zero-order valence-corrected chi connectivity index (χ0v) is 20.9. The number of carbonyl (C=O) groups excluding carboxylic acids is 3. The molecule has 8 nitrogen and oxygen atoms in total. The van der Waals surface area contributed by atoms with Crippen molar-refractivity contribution >= 4 is 17.7 Å². The third-order valence-electron chi connectivity index (χ3n) is 6.56. The van der Waals surface area contributed by atoms with Crippen molar-refractivity contribution in [3.8, 4) is 11.5 Å². The molecule has 1 aliphatic heterocycles. The molecule has 0 saturated carbocycles. The van der Waals surface area contributed by atoms with Crippen molar-refractivity contribution in [3.05, 3.63) is 59.7 Å². The normalized spacial score (nSPS) is 15.6. The number of ether oxygens (including phenoxy) is 2. The molecule has 1 heterocycles. The van der Waals surface area contributed by atoms with Gasteiger partial charge in [0.15, 0.2) is 0 Å². The Hall–Kier alpha value is -3.55. The number of hydrogen-bond donors (Lipinski definition) is 2. The van der Waals surface area contributed by atoms with Gasteiger partial charge in [-0.15, -0.1) is 0 Å². The number of methoxy groups -OCH3 is 2. The maximum atomic E-state index is 13.2. The zero-order valence-electron chi connectivity index (χ0n) is 20.9. The average molecular weight is 482 g/mol. The summed E-state index contributed by atoms with van der Waals surface area (Å²) in [5.74, 6) is 0.490. The first-order chi connectivity index (χ1) is 16.9. The van der Waals surface area contributed by atoms with Gasteiger partial charge in [0.1, 0.15) is 17.5 Å². The Morgan fingerprint density at radius 3 is 2.23 bits per heavy atom. The minimum absolute atomic E-state index is 0.00454. The van der Waals surface area contributed by atoms with Crippen LogP contribution in [0.4, 0.5) is 0 Å². The van der Waals surface area contributed by atoms with Gasteiger partial charge in [0.25, 0.3) is 11.8 Å². The van der Waals surface area contributed by atoms with Gasteiger partial charge >= 0.3 is 0 Å². The van der Waals surface area contributed by atoms with Crippen LogP contribution < -0.4 is 20.1 Å². The lowest BCUT2D eigenvalue weighted by Crippen LogP contribution is -2.55. The van der Waals surface area contributed by atoms with Gasteiger partial charge in [-0.05, 0) is 68.5 Å². The van der Waals surface area contributed by atoms with Crippen molar-refractivity contribution in [3.63, 3.8) is 0 Å². The number of carbonyl (C=O) groups is 3. The first-order valence-electron chi connectivity index (χ1n) is 12.1. The third kappa shape index (κ3) is 6.53. The maximum Gasteiger partial charge on any atom is 0.257 e. The van der Waals surface area contributed by atoms with Crippen molar-refractivity contribution in [1.82, 2.24) is 15.5 Å². The number of amides is 3. The first-order valence-corrected chi connectivity index (χ1v) is 12.1. The van der Waals surface area contributed by atoms with Crippen LogP contribution in [0.2, 0.25) is 0 Å². The molecule has 0 unspecified atom stereocenters. The molecule has 1 aliphatic rings. The Labute approximate surface area is 207 Å². The highest BCUT2D eigenvalue weighted by atomic mass is 16.5. The fraction of sp³-hybridized carbons (Fsp3) is 0.444. The third-order valence-corrected chi connectivity index (χ3v) is 6.56. The van der Waals surface area contributed by atoms with E-state index in [4.69, 9.17) is 9.47 Å². The molecule has 2 N–H and O–H groups in total. The summed E-state index contributed by atoms with van der Waals surface area (Å²) in [5, 5.41) is 5.95. The maximum absolute atomic E-state index is 13.2. The van der Waals surface area contributed by atoms with Crippen LogP contribution in [0.25, 0.3) is 0 Å². The quantitative estimate of drug-likeness (QED) is 0.573. The van der Waals surface area contributed by atoms with Gasteiger partial charge in [-0.25, -0.2) is 0 Å². The van der Waals surface area contributed by atoms with E-state index >= 15 is 0 Å². The highest BCUT2D eigenvalue weighted by molar-refractivity contribution is 5.98. The second-order valence-corrected chi connectivity index (χ2v) is 8.83. The molecule has 2 aromatic rings. The van der Waals surface area contributed by atoms with Crippen LogP contribution in [0.15, 0.2) is 48.5 Å². The number of piperidine rings is 1. The Morgan fingerprint density at radius 2 is 1.63 bits per heavy atom. The fourth-order valence-electron chi connectivity index (χ4n) is 4.23. The number of nitrogens with one attached hydrogen (secondary N) is 2. The second-order valence-electron chi connectivity index (χ2n) is 8.83. The number of rotatable bonds is 9. The molecule has 0 radical (unpaired) electrons. The highest BCUT2D eigenvalue weighted by Gasteiger charge is 2.35. The molecule has 2 atom stereocenters. The van der Waals surface area contributed by atoms with Gasteiger partial charge in [-0.1, -0.05) is 19.1 Å². The monoisotopic (exact) mass is 481 g/mol. The molecule has 1 saturated heterocycles. The van der Waals surface area contributed by atoms with Gasteiger partial charge in [-0.2, -0.15) is 0 Å². The lowest BCUT2D eigenvalue weighted by molar-refractivity contribution is -0.125. The molecule has 3 amide bonds. The predicted molar refractivity (Wildman–Crippen MR) is 134 cm³/mol. The van der Waals surface area contributed by atoms with E-state index in [0.717, 1.165) is 6.42 Å². The van der Waals surface area contributed by atoms with E-state index in [1.54, 1.807) is 55.5 Å². The molecule has 35 heavy (non-hydrogen) atoms. The molecule has 2 aromatic carbocycles. The topological polar surface area (TPSA) is 97.0 Å². The van der Waals surface area contributed by atoms with Gasteiger partial charge in [0.2, 0.25) is 5.91 Å². The largest absolute Gasteiger partial charge is 0.497 e. The van der Waals surface area contributed by atoms with Crippen LogP contribution in [0.5, 0.6) is 11.5 Å². The minimum Gasteiger partial charge on any atom is -0.497 e. The SMILES string of the molecule is CC[C@H](C)NC(=O)[C@H](NC(=O)c1ccc(OC)cc1)C1CCN(C(=O)c2ccccc2OC)CC1. The zero-order chi connectivity index (χ0) is 25.4. The van der Waals surface area contributed by atoms with E-state index < -0.39 is 6.04 Å². The highest BCUT2D eigenvalue weighted by Crippen LogP contribution is 2.26. The summed E-state index contributed by atoms with van der Waals surface area (Å²) in [6, 6.07) is 13.2. The van der Waals surface area contributed by atoms with Crippen LogP contribution in [0.1, 0.15) is 53.8 Å². The van der Waals surface area contributed by atoms with Crippen molar-refractivity contribution < 1.29 is 23.9 Å². The number of benzene rings is 2. The summed E-state index contributed by atoms with van der Waals surface area (Å²) in [4.78, 5) is 41.0. The Morgan fingerprint density at radius 1 is 0.971 bits per heavy atom. The van der Waals surface area contributed by atoms with Crippen LogP contribution in [0, 0.1) is 5.92 Å². The number of nitrogens with zero attached hydrogens (tertiary/aromatic N) is 1. The Bertz CT molecular complexity index is 1020. The number of likely N-dealkylation sites (tertiary alicyclic amines) is 1. The smallest absolute Gasteiger partial charge is 0.257 e. The first kappa shape index (κ1) is 26.1. The van der Waals surface area contributed by atoms with Crippen molar-refractivity contribution in [2.45, 2.75) is 45.2 Å². The van der Waals surface area contributed by atoms with Crippen LogP contribution in [-0.2, 0) is 4.79 Å². The predicted octanol–water partition coefficient (Wildman–Crippen LogP) is 3.27. The Balaban J connectivity index is 1.71. The summed E-state index contributed by atoms with van der Waals surface area (Å²) >= 11 is 0. The summed E-state index contributed by atoms with van der Waals surface area (Å²) in [5.41, 5.74) is 0.975. The second kappa shape index (κ2) is 12.2. The molecule has 3 rings (SSSR count). The van der Waals surface area contributed by atoms with Gasteiger partial charge in [0.05, 0.1) is 19.8 Å². The minimum atomic E-state index is -0.692. The molecule has 0 aliphatic carbocycles. The average Bonchev–Trinajstić information content (AvgIpc) is 2.91. The lowest BCUT2D eigenvalue weighted by atomic mass is 9.88. The van der Waals surface area contributed by atoms with Crippen molar-refractivity contribution in [1.29, 1.82) is 0 Å². The fourth-order valence-corrected chi connectivity index (χ4v) is 4.23. The van der Waals surface area contributed by atoms with Gasteiger partial charge < -0.3 is 25.0 Å². The van der Waals surface area contributed by atoms with E-state index in [1.165, 1.54) is 0 Å². The molecular formula is C27H35N3O5. The molecular weight excluding hydrogens is 446 g/mol. The van der Waals surface area contributed by atoms with Gasteiger partial charge in [0, 0.05) is 24.7 Å². The number of para-hydroxylation sites is 1. The summed E-state index contributed by atoms with van der Waals surface area (Å²) in [6.07, 6.45) is 1.99. The van der Waals surface area contributed by atoms with E-state index in [1.807, 2.05) is 26.0 Å². The molecule has 1 fully saturated rings.